The van der Waals surface area contributed by atoms with Gasteiger partial charge in [-0.1, -0.05) is 12.1 Å². The van der Waals surface area contributed by atoms with Crippen LogP contribution in [0.2, 0.25) is 0 Å². The van der Waals surface area contributed by atoms with Crippen molar-refractivity contribution >= 4 is 23.0 Å². The fraction of sp³-hybridized carbons (Fsp3) is 0.100. The zero-order valence-corrected chi connectivity index (χ0v) is 14.5. The van der Waals surface area contributed by atoms with Gasteiger partial charge in [-0.25, -0.2) is 13.8 Å². The zero-order valence-electron chi connectivity index (χ0n) is 14.5. The Labute approximate surface area is 155 Å². The van der Waals surface area contributed by atoms with Gasteiger partial charge in [0.2, 0.25) is 0 Å². The van der Waals surface area contributed by atoms with Crippen LogP contribution in [0.1, 0.15) is 17.4 Å². The monoisotopic (exact) mass is 369 g/mol. The molecule has 5 nitrogen and oxygen atoms in total. The lowest BCUT2D eigenvalue weighted by atomic mass is 10.2. The Morgan fingerprint density at radius 2 is 1.81 bits per heavy atom. The van der Waals surface area contributed by atoms with Crippen LogP contribution in [0.4, 0.5) is 25.8 Å². The molecule has 0 saturated carbocycles. The minimum atomic E-state index is -1.03. The van der Waals surface area contributed by atoms with Crippen LogP contribution in [0.5, 0.6) is 5.75 Å². The molecule has 7 heteroatoms. The van der Waals surface area contributed by atoms with Crippen LogP contribution in [0.25, 0.3) is 0 Å². The molecule has 2 N–H and O–H groups in total. The molecule has 0 bridgehead atoms. The highest BCUT2D eigenvalue weighted by molar-refractivity contribution is 6.02. The maximum absolute atomic E-state index is 13.2. The molecule has 1 heterocycles. The van der Waals surface area contributed by atoms with Crippen molar-refractivity contribution in [3.8, 4) is 5.75 Å². The van der Waals surface area contributed by atoms with E-state index in [9.17, 15) is 13.6 Å². The number of hydrogen-bond donors (Lipinski definition) is 2. The van der Waals surface area contributed by atoms with Gasteiger partial charge >= 0.3 is 0 Å². The summed E-state index contributed by atoms with van der Waals surface area (Å²) in [6.07, 6.45) is 1.50. The second-order valence-electron chi connectivity index (χ2n) is 5.57. The zero-order chi connectivity index (χ0) is 19.2. The summed E-state index contributed by atoms with van der Waals surface area (Å²) >= 11 is 0. The number of para-hydroxylation sites is 2. The number of pyridine rings is 1. The minimum absolute atomic E-state index is 0.142. The van der Waals surface area contributed by atoms with Crippen molar-refractivity contribution in [2.75, 3.05) is 17.2 Å². The summed E-state index contributed by atoms with van der Waals surface area (Å²) in [5.41, 5.74) is 1.74. The van der Waals surface area contributed by atoms with Crippen molar-refractivity contribution in [3.63, 3.8) is 0 Å². The van der Waals surface area contributed by atoms with E-state index in [-0.39, 0.29) is 11.4 Å². The van der Waals surface area contributed by atoms with Gasteiger partial charge in [0.25, 0.3) is 5.91 Å². The topological polar surface area (TPSA) is 63.2 Å². The van der Waals surface area contributed by atoms with Crippen LogP contribution >= 0.6 is 0 Å². The number of amides is 1. The first-order valence-corrected chi connectivity index (χ1v) is 8.28. The van der Waals surface area contributed by atoms with Crippen molar-refractivity contribution in [1.82, 2.24) is 4.98 Å². The fourth-order valence-electron chi connectivity index (χ4n) is 2.38. The molecule has 0 aliphatic carbocycles. The molecule has 138 valence electrons. The van der Waals surface area contributed by atoms with Crippen LogP contribution < -0.4 is 15.4 Å². The standard InChI is InChI=1S/C20H17F2N3O2/c1-2-27-19-6-4-3-5-17(19)24-14-8-10-18(23-12-14)20(26)25-13-7-9-15(21)16(22)11-13/h3-12,24H,2H2,1H3,(H,25,26). The number of aromatic nitrogens is 1. The van der Waals surface area contributed by atoms with Crippen molar-refractivity contribution in [2.45, 2.75) is 6.92 Å². The Bertz CT molecular complexity index is 946. The molecule has 0 fully saturated rings. The van der Waals surface area contributed by atoms with E-state index < -0.39 is 17.5 Å². The maximum Gasteiger partial charge on any atom is 0.274 e. The Morgan fingerprint density at radius 1 is 1.04 bits per heavy atom. The molecule has 3 aromatic rings. The normalized spacial score (nSPS) is 10.3. The van der Waals surface area contributed by atoms with Crippen LogP contribution in [-0.2, 0) is 0 Å². The molecular weight excluding hydrogens is 352 g/mol. The molecule has 0 atom stereocenters. The number of carbonyl (C=O) groups is 1. The van der Waals surface area contributed by atoms with Crippen molar-refractivity contribution in [1.29, 1.82) is 0 Å². The van der Waals surface area contributed by atoms with E-state index in [1.165, 1.54) is 18.3 Å². The number of ether oxygens (including phenoxy) is 1. The largest absolute Gasteiger partial charge is 0.492 e. The molecule has 0 spiro atoms. The lowest BCUT2D eigenvalue weighted by molar-refractivity contribution is 0.102. The van der Waals surface area contributed by atoms with E-state index in [2.05, 4.69) is 15.6 Å². The summed E-state index contributed by atoms with van der Waals surface area (Å²) < 4.78 is 31.7. The van der Waals surface area contributed by atoms with Crippen LogP contribution in [-0.4, -0.2) is 17.5 Å². The first kappa shape index (κ1) is 18.3. The number of nitrogens with zero attached hydrogens (tertiary/aromatic N) is 1. The predicted octanol–water partition coefficient (Wildman–Crippen LogP) is 4.75. The van der Waals surface area contributed by atoms with Gasteiger partial charge in [-0.3, -0.25) is 4.79 Å². The molecule has 0 aliphatic rings. The Morgan fingerprint density at radius 3 is 2.52 bits per heavy atom. The van der Waals surface area contributed by atoms with E-state index in [0.717, 1.165) is 17.8 Å². The number of anilines is 3. The van der Waals surface area contributed by atoms with E-state index >= 15 is 0 Å². The summed E-state index contributed by atoms with van der Waals surface area (Å²) in [4.78, 5) is 16.3. The number of nitrogens with one attached hydrogen (secondary N) is 2. The fourth-order valence-corrected chi connectivity index (χ4v) is 2.38. The molecule has 1 amide bonds. The summed E-state index contributed by atoms with van der Waals surface area (Å²) in [6.45, 7) is 2.44. The molecule has 0 radical (unpaired) electrons. The lowest BCUT2D eigenvalue weighted by Gasteiger charge is -2.12. The van der Waals surface area contributed by atoms with Crippen LogP contribution in [0.15, 0.2) is 60.8 Å². The van der Waals surface area contributed by atoms with Gasteiger partial charge in [-0.15, -0.1) is 0 Å². The third-order valence-corrected chi connectivity index (χ3v) is 3.64. The third-order valence-electron chi connectivity index (χ3n) is 3.64. The molecule has 1 aromatic heterocycles. The van der Waals surface area contributed by atoms with Crippen molar-refractivity contribution in [3.05, 3.63) is 78.1 Å². The predicted molar refractivity (Wildman–Crippen MR) is 99.4 cm³/mol. The summed E-state index contributed by atoms with van der Waals surface area (Å²) in [5.74, 6) is -1.83. The highest BCUT2D eigenvalue weighted by atomic mass is 19.2. The number of carbonyl (C=O) groups excluding carboxylic acids is 1. The Hall–Kier alpha value is -3.48. The van der Waals surface area contributed by atoms with Crippen LogP contribution in [0.3, 0.4) is 0 Å². The summed E-state index contributed by atoms with van der Waals surface area (Å²) in [6, 6.07) is 13.8. The Kier molecular flexibility index (Phi) is 5.61. The van der Waals surface area contributed by atoms with Gasteiger partial charge < -0.3 is 15.4 Å². The van der Waals surface area contributed by atoms with Gasteiger partial charge in [0.05, 0.1) is 24.2 Å². The molecule has 0 saturated heterocycles. The van der Waals surface area contributed by atoms with Crippen LogP contribution in [0, 0.1) is 11.6 Å². The number of hydrogen-bond acceptors (Lipinski definition) is 4. The molecular formula is C20H17F2N3O2. The summed E-state index contributed by atoms with van der Waals surface area (Å²) in [7, 11) is 0. The average Bonchev–Trinajstić information content (AvgIpc) is 2.67. The second kappa shape index (κ2) is 8.27. The molecule has 27 heavy (non-hydrogen) atoms. The SMILES string of the molecule is CCOc1ccccc1Nc1ccc(C(=O)Nc2ccc(F)c(F)c2)nc1. The maximum atomic E-state index is 13.2. The van der Waals surface area contributed by atoms with E-state index in [1.807, 2.05) is 31.2 Å². The number of rotatable bonds is 6. The molecule has 3 rings (SSSR count). The lowest BCUT2D eigenvalue weighted by Crippen LogP contribution is -2.13. The van der Waals surface area contributed by atoms with Crippen molar-refractivity contribution < 1.29 is 18.3 Å². The highest BCUT2D eigenvalue weighted by Gasteiger charge is 2.10. The van der Waals surface area contributed by atoms with Crippen molar-refractivity contribution in [2.24, 2.45) is 0 Å². The molecule has 0 aliphatic heterocycles. The minimum Gasteiger partial charge on any atom is -0.492 e. The average molecular weight is 369 g/mol. The third kappa shape index (κ3) is 4.58. The van der Waals surface area contributed by atoms with E-state index in [0.29, 0.717) is 18.0 Å². The molecule has 0 unspecified atom stereocenters. The van der Waals surface area contributed by atoms with E-state index in [4.69, 9.17) is 4.74 Å². The molecule has 2 aromatic carbocycles. The van der Waals surface area contributed by atoms with E-state index in [1.54, 1.807) is 6.07 Å². The summed E-state index contributed by atoms with van der Waals surface area (Å²) in [5, 5.41) is 5.65. The second-order valence-corrected chi connectivity index (χ2v) is 5.57. The van der Waals surface area contributed by atoms with Gasteiger partial charge in [0.15, 0.2) is 11.6 Å². The first-order valence-electron chi connectivity index (χ1n) is 8.28. The Balaban J connectivity index is 1.69. The highest BCUT2D eigenvalue weighted by Crippen LogP contribution is 2.27. The number of halogens is 2. The first-order chi connectivity index (χ1) is 13.1. The van der Waals surface area contributed by atoms with Gasteiger partial charge in [-0.05, 0) is 43.3 Å². The van der Waals surface area contributed by atoms with Gasteiger partial charge in [0.1, 0.15) is 11.4 Å². The quantitative estimate of drug-likeness (QED) is 0.658. The van der Waals surface area contributed by atoms with Gasteiger partial charge in [-0.2, -0.15) is 0 Å². The van der Waals surface area contributed by atoms with Gasteiger partial charge in [0, 0.05) is 11.8 Å². The smallest absolute Gasteiger partial charge is 0.274 e. The number of benzene rings is 2.